The Bertz CT molecular complexity index is 503. The lowest BCUT2D eigenvalue weighted by Gasteiger charge is -2.10. The summed E-state index contributed by atoms with van der Waals surface area (Å²) in [6.45, 7) is 4.06. The van der Waals surface area contributed by atoms with Crippen LogP contribution in [0.3, 0.4) is 0 Å². The molecule has 2 heteroatoms. The van der Waals surface area contributed by atoms with Gasteiger partial charge in [-0.3, -0.25) is 0 Å². The summed E-state index contributed by atoms with van der Waals surface area (Å²) in [5.74, 6) is 0.918. The highest BCUT2D eigenvalue weighted by atomic mass is 16.5. The average Bonchev–Trinajstić information content (AvgIpc) is 2.31. The molecular weight excluding hydrogens is 222 g/mol. The summed E-state index contributed by atoms with van der Waals surface area (Å²) in [6, 6.07) is 16.2. The first-order valence-electron chi connectivity index (χ1n) is 6.23. The Morgan fingerprint density at radius 2 is 1.72 bits per heavy atom. The second-order valence-electron chi connectivity index (χ2n) is 4.73. The molecule has 0 aliphatic rings. The summed E-state index contributed by atoms with van der Waals surface area (Å²) in [4.78, 5) is 0. The summed E-state index contributed by atoms with van der Waals surface area (Å²) < 4.78 is 5.62. The van der Waals surface area contributed by atoms with E-state index in [0.29, 0.717) is 0 Å². The van der Waals surface area contributed by atoms with Crippen LogP contribution < -0.4 is 10.5 Å². The number of rotatable bonds is 4. The van der Waals surface area contributed by atoms with E-state index >= 15 is 0 Å². The number of nitrogen functional groups attached to an aromatic ring is 1. The third kappa shape index (κ3) is 3.52. The van der Waals surface area contributed by atoms with Crippen molar-refractivity contribution in [2.45, 2.75) is 26.4 Å². The Kier molecular flexibility index (Phi) is 3.88. The van der Waals surface area contributed by atoms with Crippen LogP contribution in [0.5, 0.6) is 5.75 Å². The lowest BCUT2D eigenvalue weighted by molar-refractivity contribution is 0.242. The largest absolute Gasteiger partial charge is 0.491 e. The highest BCUT2D eigenvalue weighted by molar-refractivity contribution is 5.42. The molecule has 0 amide bonds. The second-order valence-corrected chi connectivity index (χ2v) is 4.73. The summed E-state index contributed by atoms with van der Waals surface area (Å²) in [5.41, 5.74) is 9.07. The van der Waals surface area contributed by atoms with Crippen molar-refractivity contribution in [3.05, 3.63) is 59.7 Å². The van der Waals surface area contributed by atoms with Gasteiger partial charge < -0.3 is 10.5 Å². The Labute approximate surface area is 108 Å². The number of ether oxygens (including phenoxy) is 1. The van der Waals surface area contributed by atoms with Crippen LogP contribution in [0.15, 0.2) is 48.5 Å². The van der Waals surface area contributed by atoms with Crippen LogP contribution in [0.25, 0.3) is 0 Å². The molecule has 0 saturated heterocycles. The predicted octanol–water partition coefficient (Wildman–Crippen LogP) is 3.65. The van der Waals surface area contributed by atoms with E-state index in [1.807, 2.05) is 44.2 Å². The van der Waals surface area contributed by atoms with Gasteiger partial charge in [-0.05, 0) is 55.7 Å². The molecule has 0 fully saturated rings. The SMILES string of the molecule is CC(C)Oc1ccc(Cc2cccc(N)c2)cc1. The first kappa shape index (κ1) is 12.5. The van der Waals surface area contributed by atoms with Crippen molar-refractivity contribution >= 4 is 5.69 Å². The van der Waals surface area contributed by atoms with Gasteiger partial charge in [-0.25, -0.2) is 0 Å². The van der Waals surface area contributed by atoms with Gasteiger partial charge in [-0.15, -0.1) is 0 Å². The fourth-order valence-electron chi connectivity index (χ4n) is 1.90. The molecule has 94 valence electrons. The topological polar surface area (TPSA) is 35.2 Å². The molecule has 18 heavy (non-hydrogen) atoms. The van der Waals surface area contributed by atoms with E-state index in [0.717, 1.165) is 17.9 Å². The number of anilines is 1. The summed E-state index contributed by atoms with van der Waals surface area (Å²) >= 11 is 0. The van der Waals surface area contributed by atoms with E-state index in [1.54, 1.807) is 0 Å². The fraction of sp³-hybridized carbons (Fsp3) is 0.250. The second kappa shape index (κ2) is 5.58. The molecule has 0 spiro atoms. The highest BCUT2D eigenvalue weighted by Gasteiger charge is 2.00. The maximum atomic E-state index is 5.77. The van der Waals surface area contributed by atoms with Crippen molar-refractivity contribution < 1.29 is 4.74 Å². The minimum atomic E-state index is 0.213. The Morgan fingerprint density at radius 3 is 2.33 bits per heavy atom. The molecule has 0 aromatic heterocycles. The van der Waals surface area contributed by atoms with E-state index in [2.05, 4.69) is 18.2 Å². The van der Waals surface area contributed by atoms with E-state index in [4.69, 9.17) is 10.5 Å². The average molecular weight is 241 g/mol. The molecule has 0 radical (unpaired) electrons. The van der Waals surface area contributed by atoms with Gasteiger partial charge in [0.25, 0.3) is 0 Å². The minimum absolute atomic E-state index is 0.213. The molecule has 0 aliphatic heterocycles. The summed E-state index contributed by atoms with van der Waals surface area (Å²) in [5, 5.41) is 0. The van der Waals surface area contributed by atoms with E-state index in [9.17, 15) is 0 Å². The predicted molar refractivity (Wildman–Crippen MR) is 75.9 cm³/mol. The van der Waals surface area contributed by atoms with Crippen LogP contribution in [0.1, 0.15) is 25.0 Å². The van der Waals surface area contributed by atoms with Gasteiger partial charge in [0.2, 0.25) is 0 Å². The van der Waals surface area contributed by atoms with Crippen LogP contribution in [0.2, 0.25) is 0 Å². The molecule has 0 bridgehead atoms. The van der Waals surface area contributed by atoms with Gasteiger partial charge in [0, 0.05) is 5.69 Å². The van der Waals surface area contributed by atoms with Crippen molar-refractivity contribution in [2.24, 2.45) is 0 Å². The molecular formula is C16H19NO. The molecule has 0 unspecified atom stereocenters. The van der Waals surface area contributed by atoms with Gasteiger partial charge in [-0.2, -0.15) is 0 Å². The minimum Gasteiger partial charge on any atom is -0.491 e. The van der Waals surface area contributed by atoms with Gasteiger partial charge >= 0.3 is 0 Å². The molecule has 0 saturated carbocycles. The van der Waals surface area contributed by atoms with Crippen LogP contribution in [0, 0.1) is 0 Å². The fourth-order valence-corrected chi connectivity index (χ4v) is 1.90. The van der Waals surface area contributed by atoms with Crippen molar-refractivity contribution in [1.82, 2.24) is 0 Å². The molecule has 2 N–H and O–H groups in total. The van der Waals surface area contributed by atoms with Crippen LogP contribution >= 0.6 is 0 Å². The first-order chi connectivity index (χ1) is 8.63. The van der Waals surface area contributed by atoms with Crippen molar-refractivity contribution in [3.63, 3.8) is 0 Å². The lowest BCUT2D eigenvalue weighted by Crippen LogP contribution is -2.05. The van der Waals surface area contributed by atoms with Crippen molar-refractivity contribution in [2.75, 3.05) is 5.73 Å². The standard InChI is InChI=1S/C16H19NO/c1-12(2)18-16-8-6-13(7-9-16)10-14-4-3-5-15(17)11-14/h3-9,11-12H,10,17H2,1-2H3. The molecule has 2 nitrogen and oxygen atoms in total. The molecule has 0 heterocycles. The monoisotopic (exact) mass is 241 g/mol. The lowest BCUT2D eigenvalue weighted by atomic mass is 10.0. The molecule has 0 atom stereocenters. The van der Waals surface area contributed by atoms with Crippen LogP contribution in [-0.4, -0.2) is 6.10 Å². The maximum Gasteiger partial charge on any atom is 0.119 e. The molecule has 0 aliphatic carbocycles. The van der Waals surface area contributed by atoms with Crippen molar-refractivity contribution in [1.29, 1.82) is 0 Å². The zero-order valence-electron chi connectivity index (χ0n) is 10.9. The molecule has 2 aromatic carbocycles. The smallest absolute Gasteiger partial charge is 0.119 e. The quantitative estimate of drug-likeness (QED) is 0.829. The zero-order valence-corrected chi connectivity index (χ0v) is 10.9. The molecule has 2 rings (SSSR count). The summed E-state index contributed by atoms with van der Waals surface area (Å²) in [6.07, 6.45) is 1.11. The van der Waals surface area contributed by atoms with E-state index < -0.39 is 0 Å². The third-order valence-corrected chi connectivity index (χ3v) is 2.65. The Hall–Kier alpha value is -1.96. The van der Waals surface area contributed by atoms with Gasteiger partial charge in [0.1, 0.15) is 5.75 Å². The number of hydrogen-bond acceptors (Lipinski definition) is 2. The Morgan fingerprint density at radius 1 is 1.00 bits per heavy atom. The Balaban J connectivity index is 2.06. The number of benzene rings is 2. The van der Waals surface area contributed by atoms with Crippen LogP contribution in [-0.2, 0) is 6.42 Å². The van der Waals surface area contributed by atoms with E-state index in [1.165, 1.54) is 11.1 Å². The third-order valence-electron chi connectivity index (χ3n) is 2.65. The maximum absolute atomic E-state index is 5.77. The first-order valence-corrected chi connectivity index (χ1v) is 6.23. The van der Waals surface area contributed by atoms with Crippen molar-refractivity contribution in [3.8, 4) is 5.75 Å². The number of nitrogens with two attached hydrogens (primary N) is 1. The zero-order chi connectivity index (χ0) is 13.0. The van der Waals surface area contributed by atoms with Crippen LogP contribution in [0.4, 0.5) is 5.69 Å². The normalized spacial score (nSPS) is 10.6. The van der Waals surface area contributed by atoms with E-state index in [-0.39, 0.29) is 6.10 Å². The number of hydrogen-bond donors (Lipinski definition) is 1. The van der Waals surface area contributed by atoms with Gasteiger partial charge in [0.05, 0.1) is 6.10 Å². The highest BCUT2D eigenvalue weighted by Crippen LogP contribution is 2.17. The van der Waals surface area contributed by atoms with Gasteiger partial charge in [-0.1, -0.05) is 24.3 Å². The molecule has 2 aromatic rings. The summed E-state index contributed by atoms with van der Waals surface area (Å²) in [7, 11) is 0. The van der Waals surface area contributed by atoms with Gasteiger partial charge in [0.15, 0.2) is 0 Å².